The Morgan fingerprint density at radius 2 is 2.12 bits per heavy atom. The van der Waals surface area contributed by atoms with Gasteiger partial charge in [-0.15, -0.1) is 0 Å². The van der Waals surface area contributed by atoms with Gasteiger partial charge in [0.1, 0.15) is 0 Å². The maximum absolute atomic E-state index is 12.0. The summed E-state index contributed by atoms with van der Waals surface area (Å²) in [7, 11) is 3.59. The zero-order chi connectivity index (χ0) is 12.3. The molecular weight excluding hydrogens is 216 g/mol. The van der Waals surface area contributed by atoms with E-state index in [-0.39, 0.29) is 5.91 Å². The first-order valence-corrected chi connectivity index (χ1v) is 5.27. The van der Waals surface area contributed by atoms with Gasteiger partial charge in [-0.25, -0.2) is 0 Å². The lowest BCUT2D eigenvalue weighted by Crippen LogP contribution is -2.13. The Labute approximate surface area is 99.5 Å². The van der Waals surface area contributed by atoms with Crippen LogP contribution in [0, 0.1) is 0 Å². The maximum Gasteiger partial charge on any atom is 0.257 e. The Morgan fingerprint density at radius 3 is 2.76 bits per heavy atom. The smallest absolute Gasteiger partial charge is 0.257 e. The lowest BCUT2D eigenvalue weighted by atomic mass is 10.1. The summed E-state index contributed by atoms with van der Waals surface area (Å²) >= 11 is 0. The van der Waals surface area contributed by atoms with Crippen molar-refractivity contribution in [3.63, 3.8) is 0 Å². The van der Waals surface area contributed by atoms with Crippen LogP contribution in [0.25, 0.3) is 0 Å². The highest BCUT2D eigenvalue weighted by Crippen LogP contribution is 2.16. The lowest BCUT2D eigenvalue weighted by Gasteiger charge is -2.08. The van der Waals surface area contributed by atoms with E-state index in [1.165, 1.54) is 0 Å². The molecule has 0 saturated heterocycles. The number of hydrogen-bond donors (Lipinski definition) is 2. The first-order valence-electron chi connectivity index (χ1n) is 5.27. The summed E-state index contributed by atoms with van der Waals surface area (Å²) in [5.41, 5.74) is 2.09. The second-order valence-electron chi connectivity index (χ2n) is 3.65. The van der Waals surface area contributed by atoms with E-state index in [1.54, 1.807) is 37.2 Å². The molecule has 2 aromatic rings. The minimum absolute atomic E-state index is 0.150. The molecule has 1 aromatic carbocycles. The molecule has 1 heterocycles. The van der Waals surface area contributed by atoms with Gasteiger partial charge in [-0.2, -0.15) is 5.10 Å². The number of rotatable bonds is 3. The highest BCUT2D eigenvalue weighted by molar-refractivity contribution is 6.07. The van der Waals surface area contributed by atoms with E-state index in [0.717, 1.165) is 5.69 Å². The number of benzene rings is 1. The molecule has 1 amide bonds. The van der Waals surface area contributed by atoms with Crippen LogP contribution in [0.15, 0.2) is 36.7 Å². The molecule has 0 unspecified atom stereocenters. The number of hydrogen-bond acceptors (Lipinski definition) is 3. The van der Waals surface area contributed by atoms with E-state index in [1.807, 2.05) is 18.2 Å². The lowest BCUT2D eigenvalue weighted by molar-refractivity contribution is 0.102. The van der Waals surface area contributed by atoms with Crippen molar-refractivity contribution < 1.29 is 4.79 Å². The van der Waals surface area contributed by atoms with Gasteiger partial charge in [-0.3, -0.25) is 9.48 Å². The van der Waals surface area contributed by atoms with Crippen LogP contribution in [0.4, 0.5) is 11.4 Å². The summed E-state index contributed by atoms with van der Waals surface area (Å²) in [6.45, 7) is 0. The number of para-hydroxylation sites is 1. The van der Waals surface area contributed by atoms with E-state index in [2.05, 4.69) is 15.7 Å². The fourth-order valence-corrected chi connectivity index (χ4v) is 1.58. The van der Waals surface area contributed by atoms with E-state index in [4.69, 9.17) is 0 Å². The highest BCUT2D eigenvalue weighted by Gasteiger charge is 2.10. The fourth-order valence-electron chi connectivity index (χ4n) is 1.58. The van der Waals surface area contributed by atoms with Crippen molar-refractivity contribution in [2.24, 2.45) is 7.05 Å². The van der Waals surface area contributed by atoms with Gasteiger partial charge in [-0.05, 0) is 12.1 Å². The Kier molecular flexibility index (Phi) is 3.09. The van der Waals surface area contributed by atoms with Gasteiger partial charge in [0.15, 0.2) is 0 Å². The average Bonchev–Trinajstić information content (AvgIpc) is 2.74. The van der Waals surface area contributed by atoms with Crippen LogP contribution < -0.4 is 10.6 Å². The van der Waals surface area contributed by atoms with Gasteiger partial charge in [0.25, 0.3) is 5.91 Å². The number of carbonyl (C=O) groups is 1. The third kappa shape index (κ3) is 2.44. The van der Waals surface area contributed by atoms with Crippen molar-refractivity contribution in [1.29, 1.82) is 0 Å². The number of amides is 1. The van der Waals surface area contributed by atoms with Crippen molar-refractivity contribution in [3.8, 4) is 0 Å². The van der Waals surface area contributed by atoms with Crippen LogP contribution in [0.5, 0.6) is 0 Å². The van der Waals surface area contributed by atoms with Gasteiger partial charge in [0, 0.05) is 26.0 Å². The number of carbonyl (C=O) groups excluding carboxylic acids is 1. The van der Waals surface area contributed by atoms with Gasteiger partial charge in [0.05, 0.1) is 17.4 Å². The predicted molar refractivity (Wildman–Crippen MR) is 67.1 cm³/mol. The molecule has 0 fully saturated rings. The second-order valence-corrected chi connectivity index (χ2v) is 3.65. The Bertz CT molecular complexity index is 533. The first kappa shape index (κ1) is 11.2. The first-order chi connectivity index (χ1) is 8.20. The van der Waals surface area contributed by atoms with Crippen LogP contribution in [-0.2, 0) is 7.05 Å². The average molecular weight is 230 g/mol. The molecule has 5 nitrogen and oxygen atoms in total. The molecule has 0 spiro atoms. The Hall–Kier alpha value is -2.30. The van der Waals surface area contributed by atoms with Crippen LogP contribution in [0.2, 0.25) is 0 Å². The number of anilines is 2. The summed E-state index contributed by atoms with van der Waals surface area (Å²) in [5, 5.41) is 9.77. The number of aryl methyl sites for hydroxylation is 1. The van der Waals surface area contributed by atoms with Crippen molar-refractivity contribution in [2.45, 2.75) is 0 Å². The third-order valence-electron chi connectivity index (χ3n) is 2.40. The quantitative estimate of drug-likeness (QED) is 0.844. The Balaban J connectivity index is 2.20. The van der Waals surface area contributed by atoms with E-state index in [0.29, 0.717) is 11.3 Å². The summed E-state index contributed by atoms with van der Waals surface area (Å²) < 4.78 is 1.64. The van der Waals surface area contributed by atoms with E-state index < -0.39 is 0 Å². The minimum atomic E-state index is -0.150. The van der Waals surface area contributed by atoms with E-state index >= 15 is 0 Å². The number of nitrogens with one attached hydrogen (secondary N) is 2. The van der Waals surface area contributed by atoms with Gasteiger partial charge in [-0.1, -0.05) is 12.1 Å². The van der Waals surface area contributed by atoms with Gasteiger partial charge < -0.3 is 10.6 Å². The third-order valence-corrected chi connectivity index (χ3v) is 2.40. The topological polar surface area (TPSA) is 59.0 Å². The summed E-state index contributed by atoms with van der Waals surface area (Å²) in [6.07, 6.45) is 3.36. The molecule has 17 heavy (non-hydrogen) atoms. The summed E-state index contributed by atoms with van der Waals surface area (Å²) in [5.74, 6) is -0.150. The molecule has 5 heteroatoms. The van der Waals surface area contributed by atoms with Crippen molar-refractivity contribution in [2.75, 3.05) is 17.7 Å². The number of aromatic nitrogens is 2. The van der Waals surface area contributed by atoms with Crippen molar-refractivity contribution >= 4 is 17.3 Å². The molecule has 88 valence electrons. The number of nitrogens with zero attached hydrogens (tertiary/aromatic N) is 2. The molecule has 0 saturated carbocycles. The zero-order valence-corrected chi connectivity index (χ0v) is 9.77. The predicted octanol–water partition coefficient (Wildman–Crippen LogP) is 1.71. The van der Waals surface area contributed by atoms with Crippen molar-refractivity contribution in [1.82, 2.24) is 9.78 Å². The molecule has 0 aliphatic rings. The van der Waals surface area contributed by atoms with Crippen LogP contribution in [0.1, 0.15) is 10.4 Å². The monoisotopic (exact) mass is 230 g/mol. The molecule has 0 aliphatic heterocycles. The minimum Gasteiger partial charge on any atom is -0.387 e. The summed E-state index contributed by atoms with van der Waals surface area (Å²) in [4.78, 5) is 12.0. The molecular formula is C12H14N4O. The van der Waals surface area contributed by atoms with Gasteiger partial charge >= 0.3 is 0 Å². The van der Waals surface area contributed by atoms with E-state index in [9.17, 15) is 4.79 Å². The normalized spacial score (nSPS) is 10.0. The van der Waals surface area contributed by atoms with Crippen LogP contribution >= 0.6 is 0 Å². The van der Waals surface area contributed by atoms with Crippen LogP contribution in [-0.4, -0.2) is 22.7 Å². The molecule has 0 atom stereocenters. The van der Waals surface area contributed by atoms with Crippen molar-refractivity contribution in [3.05, 3.63) is 42.2 Å². The zero-order valence-electron chi connectivity index (χ0n) is 9.77. The SMILES string of the molecule is CNc1ccccc1C(=O)Nc1cnn(C)c1. The van der Waals surface area contributed by atoms with Crippen LogP contribution in [0.3, 0.4) is 0 Å². The molecule has 0 radical (unpaired) electrons. The summed E-state index contributed by atoms with van der Waals surface area (Å²) in [6, 6.07) is 7.35. The molecule has 2 N–H and O–H groups in total. The molecule has 1 aromatic heterocycles. The maximum atomic E-state index is 12.0. The van der Waals surface area contributed by atoms with Gasteiger partial charge in [0.2, 0.25) is 0 Å². The highest BCUT2D eigenvalue weighted by atomic mass is 16.1. The molecule has 0 bridgehead atoms. The fraction of sp³-hybridized carbons (Fsp3) is 0.167. The molecule has 0 aliphatic carbocycles. The Morgan fingerprint density at radius 1 is 1.35 bits per heavy atom. The standard InChI is InChI=1S/C12H14N4O/c1-13-11-6-4-3-5-10(11)12(17)15-9-7-14-16(2)8-9/h3-8,13H,1-2H3,(H,15,17). The largest absolute Gasteiger partial charge is 0.387 e. The second kappa shape index (κ2) is 4.69. The molecule has 2 rings (SSSR count).